The summed E-state index contributed by atoms with van der Waals surface area (Å²) in [5.74, 6) is 0.0315. The lowest BCUT2D eigenvalue weighted by molar-refractivity contribution is -0.0202. The molecule has 0 aliphatic heterocycles. The summed E-state index contributed by atoms with van der Waals surface area (Å²) >= 11 is 0. The fourth-order valence-corrected chi connectivity index (χ4v) is 5.41. The van der Waals surface area contributed by atoms with E-state index in [-0.39, 0.29) is 11.5 Å². The molecule has 27 heavy (non-hydrogen) atoms. The number of aromatic nitrogens is 2. The standard InChI is InChI=1S/C21H26F2N2O2/c1-3-4-8-16-14-10-11-21(16,17-9-6-5-7-13(14)17)27-20(26)15-12-25(2)24-18(15)19(22)23/h5,7,12,14,16,19H,3-4,6,8-11H2,1-2H3. The summed E-state index contributed by atoms with van der Waals surface area (Å²) < 4.78 is 34.0. The van der Waals surface area contributed by atoms with E-state index in [9.17, 15) is 13.6 Å². The third-order valence-electron chi connectivity index (χ3n) is 6.46. The number of aryl methyl sites for hydroxylation is 1. The molecule has 0 N–H and O–H groups in total. The highest BCUT2D eigenvalue weighted by Crippen LogP contribution is 2.61. The van der Waals surface area contributed by atoms with Crippen LogP contribution in [0.1, 0.15) is 74.3 Å². The largest absolute Gasteiger partial charge is 0.450 e. The number of hydrogen-bond donors (Lipinski definition) is 0. The number of alkyl halides is 2. The van der Waals surface area contributed by atoms with Gasteiger partial charge >= 0.3 is 5.97 Å². The van der Waals surface area contributed by atoms with E-state index in [1.165, 1.54) is 22.0 Å². The molecule has 3 unspecified atom stereocenters. The molecule has 0 saturated heterocycles. The lowest BCUT2D eigenvalue weighted by Gasteiger charge is -2.35. The molecular weight excluding hydrogens is 350 g/mol. The van der Waals surface area contributed by atoms with Crippen LogP contribution in [0, 0.1) is 11.8 Å². The van der Waals surface area contributed by atoms with Gasteiger partial charge in [-0.05, 0) is 49.2 Å². The van der Waals surface area contributed by atoms with Gasteiger partial charge in [-0.3, -0.25) is 4.68 Å². The number of esters is 1. The van der Waals surface area contributed by atoms with Crippen LogP contribution in [0.15, 0.2) is 29.5 Å². The summed E-state index contributed by atoms with van der Waals surface area (Å²) in [7, 11) is 1.54. The number of allylic oxidation sites excluding steroid dienone is 3. The van der Waals surface area contributed by atoms with Crippen molar-refractivity contribution in [2.75, 3.05) is 0 Å². The number of hydrogen-bond acceptors (Lipinski definition) is 3. The molecule has 1 aromatic heterocycles. The Morgan fingerprint density at radius 1 is 1.48 bits per heavy atom. The summed E-state index contributed by atoms with van der Waals surface area (Å²) in [6.07, 6.45) is 9.76. The normalized spacial score (nSPS) is 28.9. The quantitative estimate of drug-likeness (QED) is 0.647. The molecule has 0 spiro atoms. The van der Waals surface area contributed by atoms with Crippen LogP contribution in [0.5, 0.6) is 0 Å². The molecule has 3 aliphatic carbocycles. The fraction of sp³-hybridized carbons (Fsp3) is 0.619. The lowest BCUT2D eigenvalue weighted by atomic mass is 9.81. The number of rotatable bonds is 6. The third-order valence-corrected chi connectivity index (χ3v) is 6.46. The predicted octanol–water partition coefficient (Wildman–Crippen LogP) is 5.13. The van der Waals surface area contributed by atoms with Crippen LogP contribution in [0.3, 0.4) is 0 Å². The summed E-state index contributed by atoms with van der Waals surface area (Å²) in [6.45, 7) is 2.16. The molecule has 4 nitrogen and oxygen atoms in total. The second-order valence-corrected chi connectivity index (χ2v) is 7.95. The Morgan fingerprint density at radius 3 is 3.04 bits per heavy atom. The average Bonchev–Trinajstić information content (AvgIpc) is 3.28. The van der Waals surface area contributed by atoms with Gasteiger partial charge in [0.25, 0.3) is 6.43 Å². The van der Waals surface area contributed by atoms with Crippen LogP contribution in [0.4, 0.5) is 8.78 Å². The van der Waals surface area contributed by atoms with Crippen molar-refractivity contribution in [3.63, 3.8) is 0 Å². The van der Waals surface area contributed by atoms with E-state index >= 15 is 0 Å². The second kappa shape index (κ2) is 6.88. The zero-order valence-electron chi connectivity index (χ0n) is 15.9. The number of unbranched alkanes of at least 4 members (excludes halogenated alkanes) is 1. The molecule has 0 aromatic carbocycles. The first-order chi connectivity index (χ1) is 13.0. The Morgan fingerprint density at radius 2 is 2.30 bits per heavy atom. The first-order valence-corrected chi connectivity index (χ1v) is 9.93. The monoisotopic (exact) mass is 376 g/mol. The van der Waals surface area contributed by atoms with Gasteiger partial charge in [-0.1, -0.05) is 31.9 Å². The molecule has 4 rings (SSSR count). The Kier molecular flexibility index (Phi) is 4.68. The Bertz CT molecular complexity index is 811. The maximum absolute atomic E-state index is 13.3. The maximum atomic E-state index is 13.3. The Balaban J connectivity index is 1.68. The first-order valence-electron chi connectivity index (χ1n) is 9.93. The number of ether oxygens (including phenoxy) is 1. The summed E-state index contributed by atoms with van der Waals surface area (Å²) in [4.78, 5) is 13.0. The molecule has 3 aliphatic rings. The molecule has 6 heteroatoms. The van der Waals surface area contributed by atoms with Crippen LogP contribution >= 0.6 is 0 Å². The van der Waals surface area contributed by atoms with Crippen molar-refractivity contribution in [1.82, 2.24) is 9.78 Å². The number of carbonyl (C=O) groups excluding carboxylic acids is 1. The van der Waals surface area contributed by atoms with E-state index in [2.05, 4.69) is 24.2 Å². The fourth-order valence-electron chi connectivity index (χ4n) is 5.41. The molecule has 2 bridgehead atoms. The summed E-state index contributed by atoms with van der Waals surface area (Å²) in [6, 6.07) is 0. The Labute approximate surface area is 158 Å². The van der Waals surface area contributed by atoms with Crippen LogP contribution in [0.25, 0.3) is 0 Å². The zero-order valence-corrected chi connectivity index (χ0v) is 15.9. The average molecular weight is 376 g/mol. The molecule has 3 atom stereocenters. The molecule has 1 heterocycles. The summed E-state index contributed by atoms with van der Waals surface area (Å²) in [5.41, 5.74) is 1.35. The van der Waals surface area contributed by atoms with Crippen molar-refractivity contribution < 1.29 is 18.3 Å². The molecule has 0 amide bonds. The first kappa shape index (κ1) is 18.4. The van der Waals surface area contributed by atoms with E-state index in [0.717, 1.165) is 44.9 Å². The lowest BCUT2D eigenvalue weighted by Crippen LogP contribution is -2.39. The number of carbonyl (C=O) groups is 1. The van der Waals surface area contributed by atoms with Crippen molar-refractivity contribution in [2.45, 2.75) is 63.9 Å². The minimum atomic E-state index is -2.80. The molecule has 0 radical (unpaired) electrons. The van der Waals surface area contributed by atoms with Gasteiger partial charge in [-0.2, -0.15) is 5.10 Å². The van der Waals surface area contributed by atoms with Crippen LogP contribution in [-0.4, -0.2) is 21.4 Å². The van der Waals surface area contributed by atoms with Crippen molar-refractivity contribution >= 4 is 5.97 Å². The van der Waals surface area contributed by atoms with E-state index in [1.807, 2.05) is 0 Å². The molecule has 146 valence electrons. The van der Waals surface area contributed by atoms with E-state index in [4.69, 9.17) is 4.74 Å². The summed E-state index contributed by atoms with van der Waals surface area (Å²) in [5, 5.41) is 3.76. The number of nitrogens with zero attached hydrogens (tertiary/aromatic N) is 2. The van der Waals surface area contributed by atoms with Gasteiger partial charge in [0.15, 0.2) is 0 Å². The third kappa shape index (κ3) is 2.84. The minimum absolute atomic E-state index is 0.111. The number of halogens is 2. The van der Waals surface area contributed by atoms with Gasteiger partial charge in [-0.15, -0.1) is 0 Å². The smallest absolute Gasteiger partial charge is 0.342 e. The van der Waals surface area contributed by atoms with Crippen LogP contribution in [0.2, 0.25) is 0 Å². The van der Waals surface area contributed by atoms with E-state index < -0.39 is 23.7 Å². The van der Waals surface area contributed by atoms with Gasteiger partial charge in [0.1, 0.15) is 16.9 Å². The highest BCUT2D eigenvalue weighted by Gasteiger charge is 2.60. The topological polar surface area (TPSA) is 44.1 Å². The highest BCUT2D eigenvalue weighted by atomic mass is 19.3. The van der Waals surface area contributed by atoms with Gasteiger partial charge < -0.3 is 4.74 Å². The van der Waals surface area contributed by atoms with Crippen LogP contribution in [-0.2, 0) is 11.8 Å². The molecule has 1 aromatic rings. The van der Waals surface area contributed by atoms with Crippen molar-refractivity contribution in [3.8, 4) is 0 Å². The maximum Gasteiger partial charge on any atom is 0.342 e. The second-order valence-electron chi connectivity index (χ2n) is 7.95. The van der Waals surface area contributed by atoms with Gasteiger partial charge in [0.05, 0.1) is 0 Å². The molecule has 1 saturated carbocycles. The van der Waals surface area contributed by atoms with E-state index in [0.29, 0.717) is 5.92 Å². The van der Waals surface area contributed by atoms with Crippen LogP contribution < -0.4 is 0 Å². The molecule has 1 fully saturated rings. The minimum Gasteiger partial charge on any atom is -0.450 e. The zero-order chi connectivity index (χ0) is 19.2. The van der Waals surface area contributed by atoms with E-state index in [1.54, 1.807) is 7.05 Å². The predicted molar refractivity (Wildman–Crippen MR) is 97.5 cm³/mol. The van der Waals surface area contributed by atoms with Gasteiger partial charge in [0, 0.05) is 19.2 Å². The number of fused-ring (bicyclic) bond motifs is 4. The molecular formula is C21H26F2N2O2. The van der Waals surface area contributed by atoms with Gasteiger partial charge in [0.2, 0.25) is 0 Å². The van der Waals surface area contributed by atoms with Crippen molar-refractivity contribution in [3.05, 3.63) is 40.8 Å². The van der Waals surface area contributed by atoms with Gasteiger partial charge in [-0.25, -0.2) is 13.6 Å². The Hall–Kier alpha value is -1.98. The van der Waals surface area contributed by atoms with Crippen molar-refractivity contribution in [1.29, 1.82) is 0 Å². The van der Waals surface area contributed by atoms with Crippen molar-refractivity contribution in [2.24, 2.45) is 18.9 Å². The highest BCUT2D eigenvalue weighted by molar-refractivity contribution is 5.91. The SMILES string of the molecule is CCCCC1C2CCC1(OC(=O)c1cn(C)nc1C(F)F)C1=C2C=CCC1.